The number of piperidine rings is 2. The van der Waals surface area contributed by atoms with Crippen LogP contribution < -0.4 is 5.56 Å². The van der Waals surface area contributed by atoms with Crippen molar-refractivity contribution in [2.45, 2.75) is 127 Å². The minimum atomic E-state index is -0.944. The van der Waals surface area contributed by atoms with Crippen LogP contribution in [-0.2, 0) is 9.63 Å². The highest BCUT2D eigenvalue weighted by atomic mass is 16.6. The molecule has 5 rings (SSSR count). The molecule has 0 spiro atoms. The monoisotopic (exact) mass is 536 g/mol. The number of nitrogens with zero attached hydrogens (tertiary/aromatic N) is 4. The maximum absolute atomic E-state index is 14.1. The van der Waals surface area contributed by atoms with Gasteiger partial charge >= 0.3 is 5.97 Å². The van der Waals surface area contributed by atoms with Gasteiger partial charge in [-0.25, -0.2) is 4.98 Å². The Morgan fingerprint density at radius 2 is 1.51 bits per heavy atom. The van der Waals surface area contributed by atoms with Crippen molar-refractivity contribution in [1.29, 1.82) is 0 Å². The van der Waals surface area contributed by atoms with Gasteiger partial charge in [0, 0.05) is 30.6 Å². The number of carboxylic acid groups (broad SMARTS) is 1. The van der Waals surface area contributed by atoms with Gasteiger partial charge in [-0.1, -0.05) is 68.7 Å². The summed E-state index contributed by atoms with van der Waals surface area (Å²) in [6.45, 7) is 0. The van der Waals surface area contributed by atoms with Gasteiger partial charge in [-0.05, 0) is 50.7 Å². The first-order valence-corrected chi connectivity index (χ1v) is 15.2. The molecular weight excluding hydrogens is 492 g/mol. The highest BCUT2D eigenvalue weighted by Gasteiger charge is 2.42. The van der Waals surface area contributed by atoms with Gasteiger partial charge in [0.15, 0.2) is 5.69 Å². The Hall–Kier alpha value is -2.74. The smallest absolute Gasteiger partial charge is 0.303 e. The molecule has 2 aliphatic heterocycles. The molecule has 3 fully saturated rings. The lowest BCUT2D eigenvalue weighted by Crippen LogP contribution is -2.57. The number of oxime groups is 1. The molecule has 0 amide bonds. The third-order valence-electron chi connectivity index (χ3n) is 9.21. The molecule has 1 N–H and O–H groups in total. The molecule has 2 saturated heterocycles. The summed E-state index contributed by atoms with van der Waals surface area (Å²) in [5.74, 6) is -0.944. The van der Waals surface area contributed by atoms with Crippen LogP contribution in [0.25, 0.3) is 11.0 Å². The SMILES string of the molecule is CON=C(CCC(=O)O)c1nc2ccccc2n(C2CC3CCC[C@H](C2)N3C2CCCCCCCCC2)c1=O. The Bertz CT molecular complexity index is 1200. The van der Waals surface area contributed by atoms with Crippen LogP contribution in [0, 0.1) is 0 Å². The van der Waals surface area contributed by atoms with Gasteiger partial charge in [-0.15, -0.1) is 0 Å². The van der Waals surface area contributed by atoms with Gasteiger partial charge in [-0.2, -0.15) is 0 Å². The first-order chi connectivity index (χ1) is 19.1. The van der Waals surface area contributed by atoms with Crippen molar-refractivity contribution in [2.75, 3.05) is 7.11 Å². The number of aliphatic carboxylic acids is 1. The predicted molar refractivity (Wildman–Crippen MR) is 153 cm³/mol. The van der Waals surface area contributed by atoms with E-state index < -0.39 is 5.97 Å². The molecule has 1 aliphatic carbocycles. The zero-order valence-electron chi connectivity index (χ0n) is 23.4. The topological polar surface area (TPSA) is 97.0 Å². The predicted octanol–water partition coefficient (Wildman–Crippen LogP) is 6.06. The summed E-state index contributed by atoms with van der Waals surface area (Å²) >= 11 is 0. The van der Waals surface area contributed by atoms with Gasteiger partial charge in [0.05, 0.1) is 17.5 Å². The Morgan fingerprint density at radius 1 is 0.897 bits per heavy atom. The van der Waals surface area contributed by atoms with E-state index in [0.717, 1.165) is 23.9 Å². The number of fused-ring (bicyclic) bond motifs is 3. The number of benzene rings is 1. The molecule has 2 bridgehead atoms. The van der Waals surface area contributed by atoms with Gasteiger partial charge in [-0.3, -0.25) is 14.5 Å². The fourth-order valence-corrected chi connectivity index (χ4v) is 7.53. The minimum Gasteiger partial charge on any atom is -0.481 e. The van der Waals surface area contributed by atoms with E-state index in [4.69, 9.17) is 4.84 Å². The molecule has 0 radical (unpaired) electrons. The zero-order chi connectivity index (χ0) is 27.2. The van der Waals surface area contributed by atoms with Crippen LogP contribution in [0.15, 0.2) is 34.2 Å². The Morgan fingerprint density at radius 3 is 2.15 bits per heavy atom. The van der Waals surface area contributed by atoms with E-state index >= 15 is 0 Å². The molecule has 2 aromatic rings. The van der Waals surface area contributed by atoms with E-state index in [9.17, 15) is 14.7 Å². The van der Waals surface area contributed by atoms with E-state index in [1.165, 1.54) is 84.2 Å². The number of carbonyl (C=O) groups is 1. The summed E-state index contributed by atoms with van der Waals surface area (Å²) in [4.78, 5) is 38.0. The number of rotatable bonds is 7. The molecule has 3 atom stereocenters. The molecule has 2 unspecified atom stereocenters. The summed E-state index contributed by atoms with van der Waals surface area (Å²) in [6.07, 6.45) is 17.7. The van der Waals surface area contributed by atoms with Gasteiger partial charge in [0.25, 0.3) is 5.56 Å². The van der Waals surface area contributed by atoms with Crippen molar-refractivity contribution in [3.05, 3.63) is 40.3 Å². The van der Waals surface area contributed by atoms with Crippen molar-refractivity contribution in [2.24, 2.45) is 5.16 Å². The number of para-hydroxylation sites is 2. The zero-order valence-corrected chi connectivity index (χ0v) is 23.4. The highest BCUT2D eigenvalue weighted by Crippen LogP contribution is 2.42. The number of aromatic nitrogens is 2. The second-order valence-electron chi connectivity index (χ2n) is 11.8. The lowest BCUT2D eigenvalue weighted by atomic mass is 9.79. The summed E-state index contributed by atoms with van der Waals surface area (Å²) in [7, 11) is 1.41. The van der Waals surface area contributed by atoms with E-state index in [1.807, 2.05) is 28.8 Å². The van der Waals surface area contributed by atoms with Crippen molar-refractivity contribution in [3.63, 3.8) is 0 Å². The molecule has 1 aromatic carbocycles. The third-order valence-corrected chi connectivity index (χ3v) is 9.21. The summed E-state index contributed by atoms with van der Waals surface area (Å²) in [6, 6.07) is 9.54. The van der Waals surface area contributed by atoms with E-state index in [0.29, 0.717) is 23.8 Å². The lowest BCUT2D eigenvalue weighted by Gasteiger charge is -2.53. The average molecular weight is 537 g/mol. The van der Waals surface area contributed by atoms with Crippen molar-refractivity contribution in [3.8, 4) is 0 Å². The van der Waals surface area contributed by atoms with E-state index in [1.54, 1.807) is 0 Å². The highest BCUT2D eigenvalue weighted by molar-refractivity contribution is 6.00. The van der Waals surface area contributed by atoms with E-state index in [-0.39, 0.29) is 30.1 Å². The van der Waals surface area contributed by atoms with Crippen molar-refractivity contribution >= 4 is 22.7 Å². The van der Waals surface area contributed by atoms with Crippen LogP contribution in [0.3, 0.4) is 0 Å². The maximum Gasteiger partial charge on any atom is 0.303 e. The number of hydrogen-bond acceptors (Lipinski definition) is 6. The first kappa shape index (κ1) is 27.8. The molecule has 8 nitrogen and oxygen atoms in total. The molecule has 3 aliphatic rings. The van der Waals surface area contributed by atoms with Crippen molar-refractivity contribution < 1.29 is 14.7 Å². The fourth-order valence-electron chi connectivity index (χ4n) is 7.53. The number of hydrogen-bond donors (Lipinski definition) is 1. The van der Waals surface area contributed by atoms with Crippen LogP contribution in [0.1, 0.15) is 114 Å². The van der Waals surface area contributed by atoms with Crippen LogP contribution in [0.4, 0.5) is 0 Å². The third kappa shape index (κ3) is 6.37. The second-order valence-corrected chi connectivity index (χ2v) is 11.8. The van der Waals surface area contributed by atoms with E-state index in [2.05, 4.69) is 15.0 Å². The fraction of sp³-hybridized carbons (Fsp3) is 0.677. The molecule has 1 saturated carbocycles. The molecular formula is C31H44N4O4. The molecule has 3 heterocycles. The molecule has 212 valence electrons. The quantitative estimate of drug-likeness (QED) is 0.341. The van der Waals surface area contributed by atoms with Crippen LogP contribution >= 0.6 is 0 Å². The summed E-state index contributed by atoms with van der Waals surface area (Å²) in [5, 5.41) is 13.3. The molecule has 8 heteroatoms. The standard InChI is InChI=1S/C31H44N4O4/c1-39-33-27(18-19-29(36)37)30-31(38)35(28-17-10-9-16-26(28)32-30)25-20-23-14-11-15-24(21-25)34(23)22-12-7-5-3-2-4-6-8-13-22/h9-10,16-17,22-25H,2-8,11-15,18-21H2,1H3,(H,36,37)/t23-,24?,25?/m1/s1. The summed E-state index contributed by atoms with van der Waals surface area (Å²) in [5.41, 5.74) is 1.88. The normalized spacial score (nSPS) is 25.9. The minimum absolute atomic E-state index is 0.0819. The average Bonchev–Trinajstić information content (AvgIpc) is 2.93. The van der Waals surface area contributed by atoms with Gasteiger partial charge in [0.1, 0.15) is 12.8 Å². The Kier molecular flexibility index (Phi) is 9.32. The number of carboxylic acids is 1. The summed E-state index contributed by atoms with van der Waals surface area (Å²) < 4.78 is 1.96. The van der Waals surface area contributed by atoms with Gasteiger partial charge in [0.2, 0.25) is 0 Å². The first-order valence-electron chi connectivity index (χ1n) is 15.2. The Labute approximate surface area is 231 Å². The maximum atomic E-state index is 14.1. The second kappa shape index (κ2) is 13.1. The molecule has 1 aromatic heterocycles. The van der Waals surface area contributed by atoms with Crippen LogP contribution in [0.2, 0.25) is 0 Å². The Balaban J connectivity index is 1.48. The largest absolute Gasteiger partial charge is 0.481 e. The van der Waals surface area contributed by atoms with Gasteiger partial charge < -0.3 is 14.5 Å². The molecule has 39 heavy (non-hydrogen) atoms. The van der Waals surface area contributed by atoms with Crippen LogP contribution in [0.5, 0.6) is 0 Å². The lowest BCUT2D eigenvalue weighted by molar-refractivity contribution is -0.136. The van der Waals surface area contributed by atoms with Crippen LogP contribution in [-0.4, -0.2) is 56.5 Å². The van der Waals surface area contributed by atoms with Crippen molar-refractivity contribution in [1.82, 2.24) is 14.5 Å².